The van der Waals surface area contributed by atoms with Gasteiger partial charge < -0.3 is 14.2 Å². The number of para-hydroxylation sites is 1. The fourth-order valence-corrected chi connectivity index (χ4v) is 2.04. The lowest BCUT2D eigenvalue weighted by atomic mass is 10.1. The summed E-state index contributed by atoms with van der Waals surface area (Å²) in [5.41, 5.74) is 0.961. The molecule has 2 rings (SSSR count). The fraction of sp³-hybridized carbons (Fsp3) is 0.538. The van der Waals surface area contributed by atoms with Crippen molar-refractivity contribution in [3.8, 4) is 5.75 Å². The van der Waals surface area contributed by atoms with Crippen LogP contribution in [0.1, 0.15) is 32.1 Å². The number of benzene rings is 1. The van der Waals surface area contributed by atoms with E-state index in [2.05, 4.69) is 13.8 Å². The Morgan fingerprint density at radius 2 is 1.75 bits per heavy atom. The predicted molar refractivity (Wildman–Crippen MR) is 61.4 cm³/mol. The summed E-state index contributed by atoms with van der Waals surface area (Å²) < 4.78 is 16.9. The van der Waals surface area contributed by atoms with Crippen LogP contribution >= 0.6 is 0 Å². The minimum Gasteiger partial charge on any atom is -0.496 e. The number of hydrogen-bond acceptors (Lipinski definition) is 3. The zero-order valence-electron chi connectivity index (χ0n) is 9.97. The van der Waals surface area contributed by atoms with Crippen molar-refractivity contribution in [3.63, 3.8) is 0 Å². The maximum atomic E-state index is 5.78. The lowest BCUT2D eigenvalue weighted by Crippen LogP contribution is -2.30. The maximum Gasteiger partial charge on any atom is 0.187 e. The molecule has 16 heavy (non-hydrogen) atoms. The third kappa shape index (κ3) is 2.36. The van der Waals surface area contributed by atoms with Crippen LogP contribution < -0.4 is 4.74 Å². The van der Waals surface area contributed by atoms with E-state index < -0.39 is 0 Å². The summed E-state index contributed by atoms with van der Waals surface area (Å²) in [7, 11) is 1.66. The van der Waals surface area contributed by atoms with Crippen LogP contribution in [0.25, 0.3) is 0 Å². The first kappa shape index (κ1) is 11.4. The molecule has 1 aromatic rings. The van der Waals surface area contributed by atoms with E-state index in [4.69, 9.17) is 14.2 Å². The molecule has 88 valence electrons. The van der Waals surface area contributed by atoms with E-state index >= 15 is 0 Å². The van der Waals surface area contributed by atoms with E-state index in [0.717, 1.165) is 17.7 Å². The molecule has 2 unspecified atom stereocenters. The molecule has 1 aliphatic heterocycles. The van der Waals surface area contributed by atoms with Gasteiger partial charge in [0.25, 0.3) is 0 Å². The number of ether oxygens (including phenoxy) is 3. The molecule has 1 saturated heterocycles. The molecule has 0 saturated carbocycles. The van der Waals surface area contributed by atoms with Crippen LogP contribution in [0.15, 0.2) is 24.3 Å². The van der Waals surface area contributed by atoms with Gasteiger partial charge in [-0.15, -0.1) is 0 Å². The molecule has 0 spiro atoms. The molecule has 0 bridgehead atoms. The smallest absolute Gasteiger partial charge is 0.187 e. The van der Waals surface area contributed by atoms with Gasteiger partial charge in [0, 0.05) is 5.56 Å². The molecule has 1 aromatic carbocycles. The Morgan fingerprint density at radius 1 is 1.12 bits per heavy atom. The van der Waals surface area contributed by atoms with E-state index in [0.29, 0.717) is 0 Å². The van der Waals surface area contributed by atoms with Gasteiger partial charge in [0.15, 0.2) is 6.29 Å². The average molecular weight is 222 g/mol. The predicted octanol–water partition coefficient (Wildman–Crippen LogP) is 2.91. The topological polar surface area (TPSA) is 27.7 Å². The second-order valence-corrected chi connectivity index (χ2v) is 4.20. The molecule has 0 aromatic heterocycles. The lowest BCUT2D eigenvalue weighted by molar-refractivity contribution is -0.239. The largest absolute Gasteiger partial charge is 0.496 e. The lowest BCUT2D eigenvalue weighted by Gasteiger charge is -2.33. The van der Waals surface area contributed by atoms with Crippen molar-refractivity contribution in [2.75, 3.05) is 7.11 Å². The molecule has 1 fully saturated rings. The van der Waals surface area contributed by atoms with Crippen molar-refractivity contribution in [1.29, 1.82) is 0 Å². The van der Waals surface area contributed by atoms with Crippen LogP contribution in [0.4, 0.5) is 0 Å². The van der Waals surface area contributed by atoms with Gasteiger partial charge in [0.05, 0.1) is 19.3 Å². The molecule has 1 aliphatic rings. The quantitative estimate of drug-likeness (QED) is 0.770. The minimum absolute atomic E-state index is 0.221. The van der Waals surface area contributed by atoms with Crippen molar-refractivity contribution in [2.45, 2.75) is 38.8 Å². The van der Waals surface area contributed by atoms with Gasteiger partial charge >= 0.3 is 0 Å². The monoisotopic (exact) mass is 222 g/mol. The van der Waals surface area contributed by atoms with Crippen molar-refractivity contribution in [1.82, 2.24) is 0 Å². The zero-order valence-corrected chi connectivity index (χ0v) is 9.97. The van der Waals surface area contributed by atoms with Crippen LogP contribution in [0.5, 0.6) is 5.75 Å². The summed E-state index contributed by atoms with van der Waals surface area (Å²) in [5, 5.41) is 0. The standard InChI is InChI=1S/C13H18O3/c1-9-8-10(2)16-13(15-9)11-6-4-5-7-12(11)14-3/h4-7,9-10,13H,8H2,1-3H3. The van der Waals surface area contributed by atoms with E-state index in [1.807, 2.05) is 24.3 Å². The van der Waals surface area contributed by atoms with Crippen molar-refractivity contribution in [2.24, 2.45) is 0 Å². The summed E-state index contributed by atoms with van der Waals surface area (Å²) in [4.78, 5) is 0. The first-order chi connectivity index (χ1) is 7.70. The SMILES string of the molecule is COc1ccccc1C1OC(C)CC(C)O1. The van der Waals surface area contributed by atoms with E-state index in [1.165, 1.54) is 0 Å². The van der Waals surface area contributed by atoms with Crippen molar-refractivity contribution in [3.05, 3.63) is 29.8 Å². The maximum absolute atomic E-state index is 5.78. The number of hydrogen-bond donors (Lipinski definition) is 0. The van der Waals surface area contributed by atoms with E-state index in [9.17, 15) is 0 Å². The van der Waals surface area contributed by atoms with Crippen LogP contribution in [0, 0.1) is 0 Å². The summed E-state index contributed by atoms with van der Waals surface area (Å²) in [6, 6.07) is 7.81. The molecule has 0 N–H and O–H groups in total. The zero-order chi connectivity index (χ0) is 11.5. The number of methoxy groups -OCH3 is 1. The molecule has 3 nitrogen and oxygen atoms in total. The highest BCUT2D eigenvalue weighted by atomic mass is 16.7. The molecule has 0 amide bonds. The average Bonchev–Trinajstić information content (AvgIpc) is 2.27. The highest BCUT2D eigenvalue weighted by Crippen LogP contribution is 2.34. The molecular formula is C13H18O3. The highest BCUT2D eigenvalue weighted by Gasteiger charge is 2.27. The first-order valence-corrected chi connectivity index (χ1v) is 5.64. The second-order valence-electron chi connectivity index (χ2n) is 4.20. The Morgan fingerprint density at radius 3 is 2.38 bits per heavy atom. The minimum atomic E-state index is -0.310. The Labute approximate surface area is 96.3 Å². The fourth-order valence-electron chi connectivity index (χ4n) is 2.04. The number of rotatable bonds is 2. The summed E-state index contributed by atoms with van der Waals surface area (Å²) in [5.74, 6) is 0.814. The summed E-state index contributed by atoms with van der Waals surface area (Å²) in [6.45, 7) is 4.14. The van der Waals surface area contributed by atoms with Gasteiger partial charge in [-0.05, 0) is 26.3 Å². The van der Waals surface area contributed by atoms with Gasteiger partial charge in [0.2, 0.25) is 0 Å². The van der Waals surface area contributed by atoms with Crippen LogP contribution in [0.3, 0.4) is 0 Å². The Kier molecular flexibility index (Phi) is 3.46. The Hall–Kier alpha value is -1.06. The van der Waals surface area contributed by atoms with E-state index in [-0.39, 0.29) is 18.5 Å². The van der Waals surface area contributed by atoms with Crippen LogP contribution in [-0.2, 0) is 9.47 Å². The Balaban J connectivity index is 2.22. The second kappa shape index (κ2) is 4.85. The molecular weight excluding hydrogens is 204 g/mol. The van der Waals surface area contributed by atoms with Gasteiger partial charge in [-0.25, -0.2) is 0 Å². The van der Waals surface area contributed by atoms with Crippen molar-refractivity contribution >= 4 is 0 Å². The van der Waals surface area contributed by atoms with Gasteiger partial charge in [-0.3, -0.25) is 0 Å². The first-order valence-electron chi connectivity index (χ1n) is 5.64. The molecule has 0 aliphatic carbocycles. The van der Waals surface area contributed by atoms with Gasteiger partial charge in [-0.1, -0.05) is 18.2 Å². The van der Waals surface area contributed by atoms with E-state index in [1.54, 1.807) is 7.11 Å². The molecule has 3 heteroatoms. The van der Waals surface area contributed by atoms with Crippen LogP contribution in [-0.4, -0.2) is 19.3 Å². The third-order valence-corrected chi connectivity index (χ3v) is 2.77. The van der Waals surface area contributed by atoms with Gasteiger partial charge in [0.1, 0.15) is 5.75 Å². The third-order valence-electron chi connectivity index (χ3n) is 2.77. The highest BCUT2D eigenvalue weighted by molar-refractivity contribution is 5.34. The normalized spacial score (nSPS) is 30.1. The molecule has 0 radical (unpaired) electrons. The molecule has 1 heterocycles. The summed E-state index contributed by atoms with van der Waals surface area (Å²) >= 11 is 0. The van der Waals surface area contributed by atoms with Crippen LogP contribution in [0.2, 0.25) is 0 Å². The Bertz CT molecular complexity index is 341. The molecule has 2 atom stereocenters. The summed E-state index contributed by atoms with van der Waals surface area (Å²) in [6.07, 6.45) is 1.07. The van der Waals surface area contributed by atoms with Gasteiger partial charge in [-0.2, -0.15) is 0 Å². The van der Waals surface area contributed by atoms with Crippen molar-refractivity contribution < 1.29 is 14.2 Å².